The molecule has 174 valence electrons. The van der Waals surface area contributed by atoms with Gasteiger partial charge in [-0.3, -0.25) is 14.5 Å². The number of aromatic nitrogens is 2. The van der Waals surface area contributed by atoms with Crippen LogP contribution >= 0.6 is 11.3 Å². The molecule has 1 amide bonds. The summed E-state index contributed by atoms with van der Waals surface area (Å²) in [5, 5.41) is 10.4. The molecule has 0 bridgehead atoms. The van der Waals surface area contributed by atoms with Gasteiger partial charge >= 0.3 is 0 Å². The van der Waals surface area contributed by atoms with Crippen LogP contribution in [0.25, 0.3) is 11.0 Å². The fraction of sp³-hybridized carbons (Fsp3) is 0.333. The lowest BCUT2D eigenvalue weighted by molar-refractivity contribution is 0.0970. The lowest BCUT2D eigenvalue weighted by atomic mass is 9.86. The first-order valence-electron chi connectivity index (χ1n) is 11.5. The number of carbonyl (C=O) groups excluding carboxylic acids is 1. The number of amides is 1. The van der Waals surface area contributed by atoms with Crippen molar-refractivity contribution < 1.29 is 9.21 Å². The fourth-order valence-corrected chi connectivity index (χ4v) is 5.39. The van der Waals surface area contributed by atoms with E-state index in [9.17, 15) is 9.59 Å². The third-order valence-corrected chi connectivity index (χ3v) is 7.23. The van der Waals surface area contributed by atoms with E-state index in [-0.39, 0.29) is 22.5 Å². The zero-order valence-corrected chi connectivity index (χ0v) is 20.8. The molecule has 0 N–H and O–H groups in total. The van der Waals surface area contributed by atoms with E-state index in [1.165, 1.54) is 16.9 Å². The molecule has 4 aromatic rings. The number of benzene rings is 2. The zero-order chi connectivity index (χ0) is 24.2. The minimum Gasteiger partial charge on any atom is -0.450 e. The van der Waals surface area contributed by atoms with Gasteiger partial charge < -0.3 is 4.42 Å². The van der Waals surface area contributed by atoms with Crippen molar-refractivity contribution in [1.82, 2.24) is 10.2 Å². The highest BCUT2D eigenvalue weighted by Crippen LogP contribution is 2.42. The molecule has 1 unspecified atom stereocenters. The van der Waals surface area contributed by atoms with Gasteiger partial charge in [-0.1, -0.05) is 74.9 Å². The lowest BCUT2D eigenvalue weighted by Gasteiger charge is -2.24. The van der Waals surface area contributed by atoms with Gasteiger partial charge in [0.25, 0.3) is 5.91 Å². The Morgan fingerprint density at radius 3 is 2.47 bits per heavy atom. The Balaban J connectivity index is 1.73. The van der Waals surface area contributed by atoms with Crippen LogP contribution in [-0.2, 0) is 11.8 Å². The summed E-state index contributed by atoms with van der Waals surface area (Å²) in [7, 11) is 0. The predicted octanol–water partition coefficient (Wildman–Crippen LogP) is 5.95. The van der Waals surface area contributed by atoms with Crippen molar-refractivity contribution in [2.75, 3.05) is 4.90 Å². The number of aryl methyl sites for hydroxylation is 2. The number of rotatable bonds is 4. The SMILES string of the molecule is CCCc1nnc(N2C(=O)c3oc4ccc(C)cc4c(=O)c3C2c2ccc(C(C)(C)C)cc2)s1. The van der Waals surface area contributed by atoms with Crippen molar-refractivity contribution in [1.29, 1.82) is 0 Å². The molecule has 2 aromatic carbocycles. The van der Waals surface area contributed by atoms with Crippen LogP contribution in [0.2, 0.25) is 0 Å². The summed E-state index contributed by atoms with van der Waals surface area (Å²) in [4.78, 5) is 29.0. The summed E-state index contributed by atoms with van der Waals surface area (Å²) in [6.07, 6.45) is 1.73. The molecule has 1 aliphatic heterocycles. The Kier molecular flexibility index (Phi) is 5.40. The van der Waals surface area contributed by atoms with Crippen molar-refractivity contribution >= 4 is 33.3 Å². The summed E-state index contributed by atoms with van der Waals surface area (Å²) >= 11 is 1.39. The lowest BCUT2D eigenvalue weighted by Crippen LogP contribution is -2.29. The average molecular weight is 474 g/mol. The minimum absolute atomic E-state index is 0.0113. The van der Waals surface area contributed by atoms with Crippen molar-refractivity contribution in [3.8, 4) is 0 Å². The number of hydrogen-bond donors (Lipinski definition) is 0. The molecule has 34 heavy (non-hydrogen) atoms. The summed E-state index contributed by atoms with van der Waals surface area (Å²) in [5.74, 6) is -0.280. The van der Waals surface area contributed by atoms with Gasteiger partial charge in [-0.05, 0) is 42.0 Å². The van der Waals surface area contributed by atoms with Crippen molar-refractivity contribution in [2.45, 2.75) is 58.9 Å². The third kappa shape index (κ3) is 3.64. The summed E-state index contributed by atoms with van der Waals surface area (Å²) < 4.78 is 6.05. The van der Waals surface area contributed by atoms with Crippen LogP contribution in [0.3, 0.4) is 0 Å². The molecular weight excluding hydrogens is 446 g/mol. The highest BCUT2D eigenvalue weighted by molar-refractivity contribution is 7.15. The molecule has 0 saturated heterocycles. The van der Waals surface area contributed by atoms with Gasteiger partial charge in [0.15, 0.2) is 5.43 Å². The van der Waals surface area contributed by atoms with E-state index in [1.54, 1.807) is 11.0 Å². The first-order chi connectivity index (χ1) is 16.2. The standard InChI is InChI=1S/C27H27N3O3S/c1-6-7-20-28-29-26(34-20)30-22(16-9-11-17(12-10-16)27(3,4)5)21-23(31)18-14-15(2)8-13-19(18)33-24(21)25(30)32/h8-14,22H,6-7H2,1-5H3. The first kappa shape index (κ1) is 22.5. The maximum atomic E-state index is 13.7. The van der Waals surface area contributed by atoms with Gasteiger partial charge in [0.05, 0.1) is 17.0 Å². The third-order valence-electron chi connectivity index (χ3n) is 6.24. The van der Waals surface area contributed by atoms with Gasteiger partial charge in [-0.15, -0.1) is 10.2 Å². The Morgan fingerprint density at radius 2 is 1.79 bits per heavy atom. The van der Waals surface area contributed by atoms with Gasteiger partial charge in [0.1, 0.15) is 10.6 Å². The Bertz CT molecular complexity index is 1460. The maximum absolute atomic E-state index is 13.7. The molecule has 1 atom stereocenters. The molecule has 5 rings (SSSR count). The Morgan fingerprint density at radius 1 is 1.06 bits per heavy atom. The molecule has 6 nitrogen and oxygen atoms in total. The fourth-order valence-electron chi connectivity index (χ4n) is 4.42. The van der Waals surface area contributed by atoms with Gasteiger partial charge in [0.2, 0.25) is 10.9 Å². The van der Waals surface area contributed by atoms with Crippen LogP contribution in [0.1, 0.15) is 78.0 Å². The van der Waals surface area contributed by atoms with E-state index >= 15 is 0 Å². The molecule has 0 spiro atoms. The van der Waals surface area contributed by atoms with E-state index in [0.29, 0.717) is 21.7 Å². The molecular formula is C27H27N3O3S. The molecule has 0 saturated carbocycles. The predicted molar refractivity (Wildman–Crippen MR) is 135 cm³/mol. The van der Waals surface area contributed by atoms with Crippen LogP contribution in [0.4, 0.5) is 5.13 Å². The van der Waals surface area contributed by atoms with E-state index in [2.05, 4.69) is 50.0 Å². The van der Waals surface area contributed by atoms with Crippen LogP contribution in [0.5, 0.6) is 0 Å². The highest BCUT2D eigenvalue weighted by Gasteiger charge is 2.45. The average Bonchev–Trinajstić information content (AvgIpc) is 3.36. The topological polar surface area (TPSA) is 76.3 Å². The number of hydrogen-bond acceptors (Lipinski definition) is 6. The summed E-state index contributed by atoms with van der Waals surface area (Å²) in [5.41, 5.74) is 3.55. The summed E-state index contributed by atoms with van der Waals surface area (Å²) in [6.45, 7) is 10.5. The van der Waals surface area contributed by atoms with Gasteiger partial charge in [-0.2, -0.15) is 0 Å². The second kappa shape index (κ2) is 8.17. The van der Waals surface area contributed by atoms with Gasteiger partial charge in [-0.25, -0.2) is 0 Å². The van der Waals surface area contributed by atoms with E-state index < -0.39 is 6.04 Å². The quantitative estimate of drug-likeness (QED) is 0.366. The van der Waals surface area contributed by atoms with E-state index in [1.807, 2.05) is 31.2 Å². The molecule has 0 fully saturated rings. The molecule has 0 aliphatic carbocycles. The van der Waals surface area contributed by atoms with Crippen LogP contribution in [0.15, 0.2) is 51.7 Å². The Hall–Kier alpha value is -3.32. The number of nitrogens with zero attached hydrogens (tertiary/aromatic N) is 3. The summed E-state index contributed by atoms with van der Waals surface area (Å²) in [6, 6.07) is 12.9. The highest BCUT2D eigenvalue weighted by atomic mass is 32.1. The smallest absolute Gasteiger partial charge is 0.297 e. The largest absolute Gasteiger partial charge is 0.450 e. The van der Waals surface area contributed by atoms with Crippen LogP contribution < -0.4 is 10.3 Å². The molecule has 3 heterocycles. The van der Waals surface area contributed by atoms with E-state index in [0.717, 1.165) is 29.0 Å². The monoisotopic (exact) mass is 473 g/mol. The molecule has 1 aliphatic rings. The molecule has 7 heteroatoms. The zero-order valence-electron chi connectivity index (χ0n) is 20.0. The number of fused-ring (bicyclic) bond motifs is 2. The number of carbonyl (C=O) groups is 1. The van der Waals surface area contributed by atoms with Crippen LogP contribution in [0, 0.1) is 6.92 Å². The van der Waals surface area contributed by atoms with Crippen LogP contribution in [-0.4, -0.2) is 16.1 Å². The Labute approximate surface area is 202 Å². The normalized spacial score (nSPS) is 15.9. The first-order valence-corrected chi connectivity index (χ1v) is 12.3. The second-order valence-corrected chi connectivity index (χ2v) is 10.9. The van der Waals surface area contributed by atoms with Crippen molar-refractivity contribution in [2.24, 2.45) is 0 Å². The molecule has 0 radical (unpaired) electrons. The minimum atomic E-state index is -0.625. The number of anilines is 1. The van der Waals surface area contributed by atoms with Gasteiger partial charge in [0, 0.05) is 6.42 Å². The molecule has 2 aromatic heterocycles. The van der Waals surface area contributed by atoms with Crippen molar-refractivity contribution in [3.63, 3.8) is 0 Å². The maximum Gasteiger partial charge on any atom is 0.297 e. The second-order valence-electron chi connectivity index (χ2n) is 9.85. The van der Waals surface area contributed by atoms with E-state index in [4.69, 9.17) is 4.42 Å². The van der Waals surface area contributed by atoms with Crippen molar-refractivity contribution in [3.05, 3.63) is 85.7 Å².